The fourth-order valence-corrected chi connectivity index (χ4v) is 6.18. The molecule has 5 rings (SSSR count). The number of esters is 1. The summed E-state index contributed by atoms with van der Waals surface area (Å²) in [5, 5.41) is 3.39. The van der Waals surface area contributed by atoms with Gasteiger partial charge in [-0.15, -0.1) is 0 Å². The van der Waals surface area contributed by atoms with E-state index in [-0.39, 0.29) is 24.0 Å². The van der Waals surface area contributed by atoms with Crippen LogP contribution in [0.1, 0.15) is 65.7 Å². The fraction of sp³-hybridized carbons (Fsp3) is 0.905. The summed E-state index contributed by atoms with van der Waals surface area (Å²) in [6.07, 6.45) is 8.55. The molecule has 0 aromatic carbocycles. The minimum Gasteiger partial charge on any atom is -0.464 e. The molecular formula is C21H34N2O3. The Morgan fingerprint density at radius 1 is 1.04 bits per heavy atom. The van der Waals surface area contributed by atoms with Crippen molar-refractivity contribution < 1.29 is 14.3 Å². The number of urea groups is 1. The molecule has 1 unspecified atom stereocenters. The van der Waals surface area contributed by atoms with Crippen LogP contribution in [0.5, 0.6) is 0 Å². The van der Waals surface area contributed by atoms with Crippen molar-refractivity contribution in [3.05, 3.63) is 0 Å². The van der Waals surface area contributed by atoms with E-state index in [9.17, 15) is 9.59 Å². The Balaban J connectivity index is 1.48. The summed E-state index contributed by atoms with van der Waals surface area (Å²) in [4.78, 5) is 27.7. The van der Waals surface area contributed by atoms with Crippen molar-refractivity contribution >= 4 is 12.0 Å². The first-order valence-electron chi connectivity index (χ1n) is 10.7. The molecule has 1 atom stereocenters. The highest BCUT2D eigenvalue weighted by molar-refractivity contribution is 5.84. The van der Waals surface area contributed by atoms with Gasteiger partial charge >= 0.3 is 12.0 Å². The number of hydrogen-bond donors (Lipinski definition) is 1. The first-order valence-corrected chi connectivity index (χ1v) is 10.7. The van der Waals surface area contributed by atoms with Gasteiger partial charge in [0.15, 0.2) is 0 Å². The summed E-state index contributed by atoms with van der Waals surface area (Å²) < 4.78 is 5.30. The molecule has 146 valence electrons. The third kappa shape index (κ3) is 3.34. The second-order valence-corrected chi connectivity index (χ2v) is 9.49. The summed E-state index contributed by atoms with van der Waals surface area (Å²) in [7, 11) is 0. The first-order chi connectivity index (χ1) is 12.5. The molecule has 5 heteroatoms. The Morgan fingerprint density at radius 3 is 2.08 bits per heavy atom. The van der Waals surface area contributed by atoms with E-state index >= 15 is 0 Å². The van der Waals surface area contributed by atoms with Gasteiger partial charge in [-0.25, -0.2) is 9.59 Å². The molecule has 0 aliphatic heterocycles. The number of nitrogens with one attached hydrogen (secondary N) is 1. The van der Waals surface area contributed by atoms with Crippen LogP contribution >= 0.6 is 0 Å². The zero-order chi connectivity index (χ0) is 18.4. The van der Waals surface area contributed by atoms with E-state index in [0.29, 0.717) is 24.5 Å². The second kappa shape index (κ2) is 7.05. The molecule has 0 aromatic heterocycles. The van der Waals surface area contributed by atoms with E-state index in [1.165, 1.54) is 32.1 Å². The highest BCUT2D eigenvalue weighted by Gasteiger charge is 2.50. The number of hydrogen-bond acceptors (Lipinski definition) is 3. The molecule has 5 aliphatic rings. The lowest BCUT2D eigenvalue weighted by Gasteiger charge is -2.54. The van der Waals surface area contributed by atoms with E-state index in [1.807, 2.05) is 25.7 Å². The van der Waals surface area contributed by atoms with E-state index in [0.717, 1.165) is 24.7 Å². The summed E-state index contributed by atoms with van der Waals surface area (Å²) in [5.41, 5.74) is 0. The normalized spacial score (nSPS) is 36.1. The number of rotatable bonds is 6. The molecule has 0 heterocycles. The van der Waals surface area contributed by atoms with Crippen LogP contribution in [-0.2, 0) is 9.53 Å². The maximum Gasteiger partial charge on any atom is 0.329 e. The highest BCUT2D eigenvalue weighted by atomic mass is 16.5. The van der Waals surface area contributed by atoms with Gasteiger partial charge in [0.05, 0.1) is 6.61 Å². The highest BCUT2D eigenvalue weighted by Crippen LogP contribution is 2.53. The number of carbonyl (C=O) groups is 2. The average Bonchev–Trinajstić information content (AvgIpc) is 3.39. The van der Waals surface area contributed by atoms with Crippen molar-refractivity contribution in [2.45, 2.75) is 83.8 Å². The smallest absolute Gasteiger partial charge is 0.329 e. The molecule has 5 aliphatic carbocycles. The third-order valence-corrected chi connectivity index (χ3v) is 7.15. The van der Waals surface area contributed by atoms with E-state index in [1.54, 1.807) is 0 Å². The first kappa shape index (κ1) is 18.1. The SMILES string of the molecule is CCOC(=O)C(C(C)C)N(C(=O)NC1C2CC3CC(C2)CC1C3)C1CC1. The molecule has 5 saturated carbocycles. The minimum atomic E-state index is -0.473. The Morgan fingerprint density at radius 2 is 1.62 bits per heavy atom. The maximum atomic E-state index is 13.3. The lowest BCUT2D eigenvalue weighted by molar-refractivity contribution is -0.150. The van der Waals surface area contributed by atoms with Crippen LogP contribution in [0.2, 0.25) is 0 Å². The Bertz CT molecular complexity index is 529. The van der Waals surface area contributed by atoms with Crippen molar-refractivity contribution in [1.29, 1.82) is 0 Å². The van der Waals surface area contributed by atoms with E-state index in [2.05, 4.69) is 5.32 Å². The van der Waals surface area contributed by atoms with Gasteiger partial charge in [-0.3, -0.25) is 0 Å². The molecule has 0 spiro atoms. The van der Waals surface area contributed by atoms with Gasteiger partial charge in [-0.1, -0.05) is 13.8 Å². The van der Waals surface area contributed by atoms with Crippen molar-refractivity contribution in [2.75, 3.05) is 6.61 Å². The van der Waals surface area contributed by atoms with Crippen LogP contribution in [0, 0.1) is 29.6 Å². The Hall–Kier alpha value is -1.26. The zero-order valence-electron chi connectivity index (χ0n) is 16.4. The summed E-state index contributed by atoms with van der Waals surface area (Å²) in [6, 6.07) is 0.00575. The van der Waals surface area contributed by atoms with Gasteiger partial charge < -0.3 is 15.0 Å². The van der Waals surface area contributed by atoms with Crippen molar-refractivity contribution in [3.63, 3.8) is 0 Å². The minimum absolute atomic E-state index is 0.0308. The average molecular weight is 363 g/mol. The van der Waals surface area contributed by atoms with Gasteiger partial charge in [-0.2, -0.15) is 0 Å². The zero-order valence-corrected chi connectivity index (χ0v) is 16.4. The molecule has 26 heavy (non-hydrogen) atoms. The molecular weight excluding hydrogens is 328 g/mol. The molecule has 0 radical (unpaired) electrons. The van der Waals surface area contributed by atoms with Crippen LogP contribution in [0.15, 0.2) is 0 Å². The summed E-state index contributed by atoms with van der Waals surface area (Å²) in [6.45, 7) is 6.20. The summed E-state index contributed by atoms with van der Waals surface area (Å²) >= 11 is 0. The number of carbonyl (C=O) groups excluding carboxylic acids is 2. The molecule has 0 saturated heterocycles. The molecule has 5 fully saturated rings. The van der Waals surface area contributed by atoms with Gasteiger partial charge in [0, 0.05) is 12.1 Å². The van der Waals surface area contributed by atoms with Crippen molar-refractivity contribution in [3.8, 4) is 0 Å². The van der Waals surface area contributed by atoms with Crippen molar-refractivity contribution in [1.82, 2.24) is 10.2 Å². The van der Waals surface area contributed by atoms with Gasteiger partial charge in [0.2, 0.25) is 0 Å². The van der Waals surface area contributed by atoms with Gasteiger partial charge in [-0.05, 0) is 81.5 Å². The quantitative estimate of drug-likeness (QED) is 0.735. The molecule has 0 aromatic rings. The number of amides is 2. The molecule has 2 amide bonds. The second-order valence-electron chi connectivity index (χ2n) is 9.49. The lowest BCUT2D eigenvalue weighted by atomic mass is 9.54. The standard InChI is InChI=1S/C21H34N2O3/c1-4-26-20(24)19(12(2)3)23(17-5-6-17)21(25)22-18-15-8-13-7-14(10-15)11-16(18)9-13/h12-19H,4-11H2,1-3H3,(H,22,25). The van der Waals surface area contributed by atoms with Crippen LogP contribution in [-0.4, -0.2) is 41.6 Å². The van der Waals surface area contributed by atoms with Crippen LogP contribution in [0.4, 0.5) is 4.79 Å². The number of nitrogens with zero attached hydrogens (tertiary/aromatic N) is 1. The monoisotopic (exact) mass is 362 g/mol. The Labute approximate surface area is 157 Å². The van der Waals surface area contributed by atoms with E-state index in [4.69, 9.17) is 4.74 Å². The lowest BCUT2D eigenvalue weighted by Crippen LogP contribution is -2.61. The fourth-order valence-electron chi connectivity index (χ4n) is 6.18. The molecule has 4 bridgehead atoms. The van der Waals surface area contributed by atoms with Crippen LogP contribution in [0.25, 0.3) is 0 Å². The Kier molecular flexibility index (Phi) is 4.91. The molecule has 5 nitrogen and oxygen atoms in total. The van der Waals surface area contributed by atoms with Crippen LogP contribution in [0.3, 0.4) is 0 Å². The van der Waals surface area contributed by atoms with E-state index < -0.39 is 6.04 Å². The number of ether oxygens (including phenoxy) is 1. The van der Waals surface area contributed by atoms with Gasteiger partial charge in [0.1, 0.15) is 6.04 Å². The third-order valence-electron chi connectivity index (χ3n) is 7.15. The largest absolute Gasteiger partial charge is 0.464 e. The molecule has 1 N–H and O–H groups in total. The maximum absolute atomic E-state index is 13.3. The topological polar surface area (TPSA) is 58.6 Å². The summed E-state index contributed by atoms with van der Waals surface area (Å²) in [5.74, 6) is 2.89. The predicted octanol–water partition coefficient (Wildman–Crippen LogP) is 3.57. The predicted molar refractivity (Wildman–Crippen MR) is 99.5 cm³/mol. The van der Waals surface area contributed by atoms with Crippen molar-refractivity contribution in [2.24, 2.45) is 29.6 Å². The van der Waals surface area contributed by atoms with Crippen LogP contribution < -0.4 is 5.32 Å². The van der Waals surface area contributed by atoms with Gasteiger partial charge in [0.25, 0.3) is 0 Å².